The van der Waals surface area contributed by atoms with Crippen molar-refractivity contribution in [2.24, 2.45) is 5.41 Å². The molecule has 1 aliphatic heterocycles. The minimum absolute atomic E-state index is 0.130. The molecule has 0 saturated carbocycles. The third kappa shape index (κ3) is 4.10. The average molecular weight is 228 g/mol. The molecule has 94 valence electrons. The molecule has 0 aromatic carbocycles. The Kier molecular flexibility index (Phi) is 4.74. The van der Waals surface area contributed by atoms with E-state index in [0.717, 1.165) is 19.4 Å². The molecule has 2 atom stereocenters. The maximum atomic E-state index is 11.0. The molecule has 0 spiro atoms. The normalized spacial score (nSPS) is 23.2. The highest BCUT2D eigenvalue weighted by atomic mass is 16.3. The van der Waals surface area contributed by atoms with Gasteiger partial charge in [-0.3, -0.25) is 4.79 Å². The Labute approximate surface area is 97.8 Å². The second-order valence-electron chi connectivity index (χ2n) is 5.64. The summed E-state index contributed by atoms with van der Waals surface area (Å²) < 4.78 is 0. The van der Waals surface area contributed by atoms with Crippen LogP contribution in [0.2, 0.25) is 0 Å². The van der Waals surface area contributed by atoms with Gasteiger partial charge in [-0.15, -0.1) is 0 Å². The lowest BCUT2D eigenvalue weighted by atomic mass is 9.85. The first kappa shape index (κ1) is 13.5. The van der Waals surface area contributed by atoms with Crippen LogP contribution in [0.25, 0.3) is 0 Å². The molecule has 0 radical (unpaired) electrons. The Hall–Kier alpha value is -0.610. The van der Waals surface area contributed by atoms with Crippen molar-refractivity contribution < 1.29 is 9.90 Å². The number of carbonyl (C=O) groups is 1. The molecule has 0 aromatic heterocycles. The number of carbonyl (C=O) groups excluding carboxylic acids is 1. The number of hydrogen-bond acceptors (Lipinski definition) is 3. The van der Waals surface area contributed by atoms with Gasteiger partial charge in [-0.2, -0.15) is 0 Å². The van der Waals surface area contributed by atoms with E-state index in [2.05, 4.69) is 31.4 Å². The maximum absolute atomic E-state index is 11.0. The zero-order chi connectivity index (χ0) is 12.2. The lowest BCUT2D eigenvalue weighted by Gasteiger charge is -2.32. The molecule has 4 nitrogen and oxygen atoms in total. The van der Waals surface area contributed by atoms with Gasteiger partial charge in [-0.25, -0.2) is 0 Å². The van der Waals surface area contributed by atoms with Gasteiger partial charge in [0.05, 0.1) is 0 Å². The van der Waals surface area contributed by atoms with E-state index in [0.29, 0.717) is 6.42 Å². The standard InChI is InChI=1S/C12H24N2O2/c1-12(2,3)10(6-7-15)13-8-9-4-5-11(16)14-9/h9-10,13,15H,4-8H2,1-3H3,(H,14,16). The molecule has 0 aromatic rings. The molecule has 1 amide bonds. The highest BCUT2D eigenvalue weighted by molar-refractivity contribution is 5.78. The predicted octanol–water partition coefficient (Wildman–Crippen LogP) is 0.652. The van der Waals surface area contributed by atoms with E-state index in [1.54, 1.807) is 0 Å². The Morgan fingerprint density at radius 2 is 2.25 bits per heavy atom. The first-order valence-electron chi connectivity index (χ1n) is 6.07. The number of rotatable bonds is 5. The Balaban J connectivity index is 2.35. The summed E-state index contributed by atoms with van der Waals surface area (Å²) in [7, 11) is 0. The van der Waals surface area contributed by atoms with Crippen LogP contribution in [0.1, 0.15) is 40.0 Å². The smallest absolute Gasteiger partial charge is 0.220 e. The van der Waals surface area contributed by atoms with Gasteiger partial charge in [0.2, 0.25) is 5.91 Å². The molecule has 1 rings (SSSR count). The fraction of sp³-hybridized carbons (Fsp3) is 0.917. The zero-order valence-corrected chi connectivity index (χ0v) is 10.5. The van der Waals surface area contributed by atoms with E-state index >= 15 is 0 Å². The molecule has 16 heavy (non-hydrogen) atoms. The summed E-state index contributed by atoms with van der Waals surface area (Å²) in [6, 6.07) is 0.547. The van der Waals surface area contributed by atoms with Gasteiger partial charge in [0.25, 0.3) is 0 Å². The number of aliphatic hydroxyl groups excluding tert-OH is 1. The quantitative estimate of drug-likeness (QED) is 0.647. The SMILES string of the molecule is CC(C)(C)C(CCO)NCC1CCC(=O)N1. The van der Waals surface area contributed by atoms with Crippen LogP contribution in [-0.4, -0.2) is 36.2 Å². The third-order valence-electron chi connectivity index (χ3n) is 3.16. The van der Waals surface area contributed by atoms with Crippen molar-refractivity contribution in [3.05, 3.63) is 0 Å². The van der Waals surface area contributed by atoms with Gasteiger partial charge >= 0.3 is 0 Å². The third-order valence-corrected chi connectivity index (χ3v) is 3.16. The van der Waals surface area contributed by atoms with Crippen LogP contribution in [0.15, 0.2) is 0 Å². The van der Waals surface area contributed by atoms with Crippen LogP contribution in [0.5, 0.6) is 0 Å². The number of nitrogens with one attached hydrogen (secondary N) is 2. The molecule has 1 aliphatic rings. The Morgan fingerprint density at radius 1 is 1.56 bits per heavy atom. The van der Waals surface area contributed by atoms with Crippen molar-refractivity contribution in [3.63, 3.8) is 0 Å². The molecule has 1 fully saturated rings. The van der Waals surface area contributed by atoms with E-state index in [1.165, 1.54) is 0 Å². The molecule has 3 N–H and O–H groups in total. The summed E-state index contributed by atoms with van der Waals surface area (Å²) in [4.78, 5) is 11.0. The topological polar surface area (TPSA) is 61.4 Å². The summed E-state index contributed by atoms with van der Waals surface area (Å²) in [6.07, 6.45) is 2.32. The molecule has 2 unspecified atom stereocenters. The summed E-state index contributed by atoms with van der Waals surface area (Å²) in [5.74, 6) is 0.154. The number of amides is 1. The highest BCUT2D eigenvalue weighted by Crippen LogP contribution is 2.21. The average Bonchev–Trinajstić information content (AvgIpc) is 2.57. The van der Waals surface area contributed by atoms with Crippen LogP contribution in [0, 0.1) is 5.41 Å². The van der Waals surface area contributed by atoms with Gasteiger partial charge < -0.3 is 15.7 Å². The van der Waals surface area contributed by atoms with E-state index in [1.807, 2.05) is 0 Å². The summed E-state index contributed by atoms with van der Waals surface area (Å²) in [5, 5.41) is 15.4. The van der Waals surface area contributed by atoms with Crippen LogP contribution in [0.4, 0.5) is 0 Å². The Morgan fingerprint density at radius 3 is 2.69 bits per heavy atom. The molecule has 1 heterocycles. The van der Waals surface area contributed by atoms with Crippen molar-refractivity contribution in [2.45, 2.75) is 52.1 Å². The first-order chi connectivity index (χ1) is 7.43. The molecule has 1 saturated heterocycles. The number of hydrogen-bond donors (Lipinski definition) is 3. The van der Waals surface area contributed by atoms with Crippen molar-refractivity contribution in [3.8, 4) is 0 Å². The largest absolute Gasteiger partial charge is 0.396 e. The summed E-state index contributed by atoms with van der Waals surface area (Å²) in [5.41, 5.74) is 0.130. The van der Waals surface area contributed by atoms with Gasteiger partial charge in [-0.1, -0.05) is 20.8 Å². The minimum atomic E-state index is 0.130. The van der Waals surface area contributed by atoms with Crippen molar-refractivity contribution in [2.75, 3.05) is 13.2 Å². The maximum Gasteiger partial charge on any atom is 0.220 e. The van der Waals surface area contributed by atoms with Crippen LogP contribution >= 0.6 is 0 Å². The monoisotopic (exact) mass is 228 g/mol. The van der Waals surface area contributed by atoms with Crippen molar-refractivity contribution in [1.29, 1.82) is 0 Å². The second kappa shape index (κ2) is 5.64. The van der Waals surface area contributed by atoms with Crippen molar-refractivity contribution in [1.82, 2.24) is 10.6 Å². The molecular formula is C12H24N2O2. The summed E-state index contributed by atoms with van der Waals surface area (Å²) in [6.45, 7) is 7.48. The molecule has 0 bridgehead atoms. The predicted molar refractivity (Wildman–Crippen MR) is 64.1 cm³/mol. The van der Waals surface area contributed by atoms with Crippen LogP contribution < -0.4 is 10.6 Å². The lowest BCUT2D eigenvalue weighted by molar-refractivity contribution is -0.119. The van der Waals surface area contributed by atoms with E-state index < -0.39 is 0 Å². The van der Waals surface area contributed by atoms with Crippen LogP contribution in [-0.2, 0) is 4.79 Å². The molecular weight excluding hydrogens is 204 g/mol. The van der Waals surface area contributed by atoms with E-state index in [9.17, 15) is 4.79 Å². The van der Waals surface area contributed by atoms with E-state index in [4.69, 9.17) is 5.11 Å². The zero-order valence-electron chi connectivity index (χ0n) is 10.5. The van der Waals surface area contributed by atoms with Gasteiger partial charge in [-0.05, 0) is 18.3 Å². The van der Waals surface area contributed by atoms with Gasteiger partial charge in [0, 0.05) is 31.7 Å². The molecule has 0 aliphatic carbocycles. The lowest BCUT2D eigenvalue weighted by Crippen LogP contribution is -2.46. The molecule has 4 heteroatoms. The number of aliphatic hydroxyl groups is 1. The van der Waals surface area contributed by atoms with Gasteiger partial charge in [0.15, 0.2) is 0 Å². The highest BCUT2D eigenvalue weighted by Gasteiger charge is 2.26. The van der Waals surface area contributed by atoms with Crippen LogP contribution in [0.3, 0.4) is 0 Å². The van der Waals surface area contributed by atoms with E-state index in [-0.39, 0.29) is 30.0 Å². The van der Waals surface area contributed by atoms with Gasteiger partial charge in [0.1, 0.15) is 0 Å². The fourth-order valence-corrected chi connectivity index (χ4v) is 2.09. The second-order valence-corrected chi connectivity index (χ2v) is 5.64. The first-order valence-corrected chi connectivity index (χ1v) is 6.07. The Bertz CT molecular complexity index is 236. The fourth-order valence-electron chi connectivity index (χ4n) is 2.09. The summed E-state index contributed by atoms with van der Waals surface area (Å²) >= 11 is 0. The van der Waals surface area contributed by atoms with Crippen molar-refractivity contribution >= 4 is 5.91 Å². The minimum Gasteiger partial charge on any atom is -0.396 e.